The standard InChI is InChI=1S/C15H21NO4S/c1-11-6-12(2)9-16(8-11)21(19,20)10-13-4-3-5-14(7-13)15(17)18/h3-5,7,11-12H,6,8-10H2,1-2H3,(H,17,18). The largest absolute Gasteiger partial charge is 0.478 e. The number of nitrogens with zero attached hydrogens (tertiary/aromatic N) is 1. The van der Waals surface area contributed by atoms with Crippen LogP contribution in [0.3, 0.4) is 0 Å². The topological polar surface area (TPSA) is 74.7 Å². The van der Waals surface area contributed by atoms with Crippen LogP contribution in [-0.2, 0) is 15.8 Å². The molecule has 1 aliphatic rings. The average Bonchev–Trinajstić information content (AvgIpc) is 2.37. The van der Waals surface area contributed by atoms with Gasteiger partial charge in [-0.15, -0.1) is 0 Å². The predicted octanol–water partition coefficient (Wildman–Crippen LogP) is 2.19. The number of hydrogen-bond acceptors (Lipinski definition) is 3. The summed E-state index contributed by atoms with van der Waals surface area (Å²) in [5, 5.41) is 8.97. The van der Waals surface area contributed by atoms with Gasteiger partial charge in [-0.25, -0.2) is 17.5 Å². The summed E-state index contributed by atoms with van der Waals surface area (Å²) in [7, 11) is -3.40. The number of rotatable bonds is 4. The maximum Gasteiger partial charge on any atom is 0.335 e. The van der Waals surface area contributed by atoms with E-state index in [4.69, 9.17) is 5.11 Å². The average molecular weight is 311 g/mol. The number of benzene rings is 1. The van der Waals surface area contributed by atoms with Crippen molar-refractivity contribution < 1.29 is 18.3 Å². The van der Waals surface area contributed by atoms with Crippen LogP contribution < -0.4 is 0 Å². The van der Waals surface area contributed by atoms with Crippen molar-refractivity contribution in [2.75, 3.05) is 13.1 Å². The van der Waals surface area contributed by atoms with Gasteiger partial charge < -0.3 is 5.11 Å². The van der Waals surface area contributed by atoms with Crippen LogP contribution in [0.4, 0.5) is 0 Å². The molecule has 5 nitrogen and oxygen atoms in total. The Labute approximate surface area is 125 Å². The molecule has 1 aliphatic heterocycles. The minimum absolute atomic E-state index is 0.114. The molecule has 0 saturated carbocycles. The molecule has 2 atom stereocenters. The summed E-state index contributed by atoms with van der Waals surface area (Å²) in [4.78, 5) is 10.9. The van der Waals surface area contributed by atoms with Crippen molar-refractivity contribution in [3.05, 3.63) is 35.4 Å². The first-order valence-corrected chi connectivity index (χ1v) is 8.69. The van der Waals surface area contributed by atoms with Gasteiger partial charge in [0.1, 0.15) is 0 Å². The fourth-order valence-electron chi connectivity index (χ4n) is 2.93. The highest BCUT2D eigenvalue weighted by Crippen LogP contribution is 2.24. The molecule has 6 heteroatoms. The molecule has 0 aromatic heterocycles. The van der Waals surface area contributed by atoms with Crippen LogP contribution in [0.15, 0.2) is 24.3 Å². The van der Waals surface area contributed by atoms with E-state index in [0.29, 0.717) is 30.5 Å². The van der Waals surface area contributed by atoms with E-state index in [-0.39, 0.29) is 11.3 Å². The maximum atomic E-state index is 12.5. The summed E-state index contributed by atoms with van der Waals surface area (Å²) in [6.45, 7) is 5.21. The molecule has 1 fully saturated rings. The zero-order valence-electron chi connectivity index (χ0n) is 12.3. The van der Waals surface area contributed by atoms with Gasteiger partial charge in [-0.3, -0.25) is 0 Å². The number of aromatic carboxylic acids is 1. The summed E-state index contributed by atoms with van der Waals surface area (Å²) in [5.41, 5.74) is 0.629. The highest BCUT2D eigenvalue weighted by molar-refractivity contribution is 7.88. The fourth-order valence-corrected chi connectivity index (χ4v) is 4.68. The van der Waals surface area contributed by atoms with E-state index in [2.05, 4.69) is 13.8 Å². The minimum atomic E-state index is -3.40. The molecule has 0 radical (unpaired) electrons. The minimum Gasteiger partial charge on any atom is -0.478 e. The van der Waals surface area contributed by atoms with Crippen LogP contribution in [0, 0.1) is 11.8 Å². The van der Waals surface area contributed by atoms with Gasteiger partial charge in [0.2, 0.25) is 10.0 Å². The summed E-state index contributed by atoms with van der Waals surface area (Å²) in [5.74, 6) is -0.481. The monoisotopic (exact) mass is 311 g/mol. The lowest BCUT2D eigenvalue weighted by Crippen LogP contribution is -2.43. The summed E-state index contributed by atoms with van der Waals surface area (Å²) in [6.07, 6.45) is 1.04. The van der Waals surface area contributed by atoms with Gasteiger partial charge in [-0.05, 0) is 36.0 Å². The Kier molecular flexibility index (Phi) is 4.68. The summed E-state index contributed by atoms with van der Waals surface area (Å²) < 4.78 is 26.6. The van der Waals surface area contributed by atoms with Gasteiger partial charge in [-0.1, -0.05) is 26.0 Å². The molecular weight excluding hydrogens is 290 g/mol. The van der Waals surface area contributed by atoms with Crippen LogP contribution in [-0.4, -0.2) is 36.9 Å². The molecule has 1 heterocycles. The fraction of sp³-hybridized carbons (Fsp3) is 0.533. The van der Waals surface area contributed by atoms with Crippen molar-refractivity contribution in [2.24, 2.45) is 11.8 Å². The van der Waals surface area contributed by atoms with Crippen LogP contribution in [0.1, 0.15) is 36.2 Å². The van der Waals surface area contributed by atoms with Crippen molar-refractivity contribution in [3.8, 4) is 0 Å². The van der Waals surface area contributed by atoms with Gasteiger partial charge in [0.05, 0.1) is 11.3 Å². The third-order valence-corrected chi connectivity index (χ3v) is 5.53. The van der Waals surface area contributed by atoms with E-state index in [1.54, 1.807) is 16.4 Å². The van der Waals surface area contributed by atoms with E-state index in [9.17, 15) is 13.2 Å². The van der Waals surface area contributed by atoms with E-state index in [1.807, 2.05) is 0 Å². The molecule has 0 amide bonds. The zero-order chi connectivity index (χ0) is 15.6. The third kappa shape index (κ3) is 4.04. The first-order chi connectivity index (χ1) is 9.78. The second kappa shape index (κ2) is 6.15. The van der Waals surface area contributed by atoms with Gasteiger partial charge in [0.25, 0.3) is 0 Å². The number of hydrogen-bond donors (Lipinski definition) is 1. The van der Waals surface area contributed by atoms with Crippen molar-refractivity contribution in [2.45, 2.75) is 26.0 Å². The molecule has 21 heavy (non-hydrogen) atoms. The Bertz CT molecular complexity index is 616. The summed E-state index contributed by atoms with van der Waals surface area (Å²) >= 11 is 0. The second-order valence-electron chi connectivity index (χ2n) is 6.02. The lowest BCUT2D eigenvalue weighted by Gasteiger charge is -2.34. The second-order valence-corrected chi connectivity index (χ2v) is 7.99. The molecule has 0 bridgehead atoms. The number of carbonyl (C=O) groups is 1. The zero-order valence-corrected chi connectivity index (χ0v) is 13.1. The quantitative estimate of drug-likeness (QED) is 0.925. The maximum absolute atomic E-state index is 12.5. The van der Waals surface area contributed by atoms with E-state index in [1.165, 1.54) is 12.1 Å². The van der Waals surface area contributed by atoms with Crippen LogP contribution in [0.2, 0.25) is 0 Å². The number of carboxylic acid groups (broad SMARTS) is 1. The molecule has 1 aromatic carbocycles. The van der Waals surface area contributed by atoms with Gasteiger partial charge >= 0.3 is 5.97 Å². The lowest BCUT2D eigenvalue weighted by molar-refractivity contribution is 0.0696. The molecule has 0 spiro atoms. The molecule has 1 N–H and O–H groups in total. The van der Waals surface area contributed by atoms with Crippen molar-refractivity contribution in [1.29, 1.82) is 0 Å². The molecule has 1 aromatic rings. The first kappa shape index (κ1) is 16.0. The van der Waals surface area contributed by atoms with Crippen molar-refractivity contribution in [3.63, 3.8) is 0 Å². The van der Waals surface area contributed by atoms with Gasteiger partial charge in [-0.2, -0.15) is 0 Å². The molecule has 116 valence electrons. The Morgan fingerprint density at radius 1 is 1.29 bits per heavy atom. The normalized spacial score (nSPS) is 23.9. The molecular formula is C15H21NO4S. The van der Waals surface area contributed by atoms with E-state index in [0.717, 1.165) is 6.42 Å². The molecule has 0 aliphatic carbocycles. The van der Waals surface area contributed by atoms with E-state index >= 15 is 0 Å². The molecule has 2 rings (SSSR count). The Balaban J connectivity index is 2.17. The Morgan fingerprint density at radius 3 is 2.48 bits per heavy atom. The SMILES string of the molecule is CC1CC(C)CN(S(=O)(=O)Cc2cccc(C(=O)O)c2)C1. The smallest absolute Gasteiger partial charge is 0.335 e. The predicted molar refractivity (Wildman–Crippen MR) is 80.5 cm³/mol. The van der Waals surface area contributed by atoms with Crippen LogP contribution in [0.5, 0.6) is 0 Å². The third-order valence-electron chi connectivity index (χ3n) is 3.75. The Morgan fingerprint density at radius 2 is 1.90 bits per heavy atom. The van der Waals surface area contributed by atoms with Gasteiger partial charge in [0, 0.05) is 13.1 Å². The summed E-state index contributed by atoms with van der Waals surface area (Å²) in [6, 6.07) is 6.12. The first-order valence-electron chi connectivity index (χ1n) is 7.08. The van der Waals surface area contributed by atoms with Crippen LogP contribution in [0.25, 0.3) is 0 Å². The molecule has 2 unspecified atom stereocenters. The highest BCUT2D eigenvalue weighted by atomic mass is 32.2. The van der Waals surface area contributed by atoms with Crippen molar-refractivity contribution >= 4 is 16.0 Å². The van der Waals surface area contributed by atoms with E-state index < -0.39 is 16.0 Å². The number of sulfonamides is 1. The van der Waals surface area contributed by atoms with Crippen molar-refractivity contribution in [1.82, 2.24) is 4.31 Å². The Hall–Kier alpha value is -1.40. The lowest BCUT2D eigenvalue weighted by atomic mass is 9.94. The number of carboxylic acids is 1. The van der Waals surface area contributed by atoms with Gasteiger partial charge in [0.15, 0.2) is 0 Å². The highest BCUT2D eigenvalue weighted by Gasteiger charge is 2.30. The van der Waals surface area contributed by atoms with Crippen LogP contribution >= 0.6 is 0 Å². The molecule has 1 saturated heterocycles. The number of piperidine rings is 1.